The topological polar surface area (TPSA) is 98.6 Å². The number of benzene rings is 3. The average molecular weight is 528 g/mol. The Morgan fingerprint density at radius 1 is 0.821 bits per heavy atom. The third kappa shape index (κ3) is 6.45. The van der Waals surface area contributed by atoms with Crippen LogP contribution in [0.3, 0.4) is 0 Å². The van der Waals surface area contributed by atoms with Gasteiger partial charge in [-0.25, -0.2) is 4.39 Å². The quantitative estimate of drug-likeness (QED) is 0.259. The van der Waals surface area contributed by atoms with Gasteiger partial charge in [-0.05, 0) is 85.6 Å². The number of aliphatic hydroxyl groups is 1. The third-order valence-electron chi connectivity index (χ3n) is 6.70. The summed E-state index contributed by atoms with van der Waals surface area (Å²) in [6, 6.07) is 20.5. The van der Waals surface area contributed by atoms with Gasteiger partial charge in [0.15, 0.2) is 0 Å². The summed E-state index contributed by atoms with van der Waals surface area (Å²) in [5.41, 5.74) is 3.93. The first-order valence-corrected chi connectivity index (χ1v) is 12.8. The lowest BCUT2D eigenvalue weighted by molar-refractivity contribution is 0.101. The van der Waals surface area contributed by atoms with E-state index in [0.29, 0.717) is 28.2 Å². The van der Waals surface area contributed by atoms with Crippen molar-refractivity contribution in [2.24, 2.45) is 7.05 Å². The normalized spacial score (nSPS) is 13.7. The van der Waals surface area contributed by atoms with Crippen molar-refractivity contribution >= 4 is 40.3 Å². The minimum atomic E-state index is -0.512. The lowest BCUT2D eigenvalue weighted by Gasteiger charge is -2.31. The zero-order valence-corrected chi connectivity index (χ0v) is 21.5. The van der Waals surface area contributed by atoms with Gasteiger partial charge in [-0.2, -0.15) is 0 Å². The van der Waals surface area contributed by atoms with Crippen molar-refractivity contribution in [3.8, 4) is 0 Å². The fourth-order valence-electron chi connectivity index (χ4n) is 4.48. The molecule has 1 aromatic heterocycles. The molecule has 2 heterocycles. The van der Waals surface area contributed by atoms with E-state index in [2.05, 4.69) is 20.9 Å². The van der Waals surface area contributed by atoms with Crippen LogP contribution in [0.4, 0.5) is 32.8 Å². The highest BCUT2D eigenvalue weighted by molar-refractivity contribution is 6.05. The number of carbonyl (C=O) groups excluding carboxylic acids is 2. The van der Waals surface area contributed by atoms with Crippen LogP contribution in [0.2, 0.25) is 0 Å². The molecule has 0 radical (unpaired) electrons. The maximum Gasteiger partial charge on any atom is 0.257 e. The summed E-state index contributed by atoms with van der Waals surface area (Å²) >= 11 is 0. The highest BCUT2D eigenvalue weighted by Crippen LogP contribution is 2.25. The Balaban J connectivity index is 1.16. The first-order chi connectivity index (χ1) is 18.8. The van der Waals surface area contributed by atoms with Gasteiger partial charge < -0.3 is 30.5 Å². The molecule has 2 amide bonds. The molecule has 0 atom stereocenters. The van der Waals surface area contributed by atoms with Crippen LogP contribution in [0.25, 0.3) is 0 Å². The second-order valence-corrected chi connectivity index (χ2v) is 9.64. The summed E-state index contributed by atoms with van der Waals surface area (Å²) < 4.78 is 16.5. The van der Waals surface area contributed by atoms with Crippen LogP contribution in [0.1, 0.15) is 33.6 Å². The monoisotopic (exact) mass is 527 g/mol. The molecule has 200 valence electrons. The average Bonchev–Trinajstić information content (AvgIpc) is 3.38. The number of aliphatic hydroxyl groups excluding tert-OH is 1. The van der Waals surface area contributed by atoms with Crippen molar-refractivity contribution in [1.82, 2.24) is 4.57 Å². The minimum absolute atomic E-state index is 0.226. The molecule has 1 saturated heterocycles. The summed E-state index contributed by atoms with van der Waals surface area (Å²) in [6.07, 6.45) is 4.72. The summed E-state index contributed by atoms with van der Waals surface area (Å²) in [5, 5.41) is 18.3. The smallest absolute Gasteiger partial charge is 0.257 e. The van der Waals surface area contributed by atoms with E-state index in [1.165, 1.54) is 6.07 Å². The van der Waals surface area contributed by atoms with E-state index in [9.17, 15) is 19.1 Å². The number of piperidine rings is 1. The Kier molecular flexibility index (Phi) is 7.60. The van der Waals surface area contributed by atoms with Crippen LogP contribution in [0.5, 0.6) is 0 Å². The molecule has 0 aliphatic carbocycles. The molecule has 8 nitrogen and oxygen atoms in total. The zero-order valence-electron chi connectivity index (χ0n) is 21.5. The number of hydrogen-bond donors (Lipinski definition) is 4. The first-order valence-electron chi connectivity index (χ1n) is 12.8. The van der Waals surface area contributed by atoms with Gasteiger partial charge in [-0.3, -0.25) is 9.59 Å². The Bertz CT molecular complexity index is 1460. The number of nitrogens with one attached hydrogen (secondary N) is 3. The maximum atomic E-state index is 14.7. The van der Waals surface area contributed by atoms with Crippen LogP contribution in [-0.2, 0) is 7.05 Å². The molecule has 9 heteroatoms. The van der Waals surface area contributed by atoms with E-state index in [-0.39, 0.29) is 23.6 Å². The van der Waals surface area contributed by atoms with Crippen molar-refractivity contribution in [2.75, 3.05) is 33.9 Å². The predicted octanol–water partition coefficient (Wildman–Crippen LogP) is 5.37. The van der Waals surface area contributed by atoms with Crippen molar-refractivity contribution in [3.05, 3.63) is 102 Å². The zero-order chi connectivity index (χ0) is 27.4. The van der Waals surface area contributed by atoms with E-state index >= 15 is 0 Å². The summed E-state index contributed by atoms with van der Waals surface area (Å²) in [5.74, 6) is -1.05. The Labute approximate surface area is 226 Å². The molecule has 0 unspecified atom stereocenters. The Morgan fingerprint density at radius 2 is 1.44 bits per heavy atom. The molecule has 4 N–H and O–H groups in total. The Morgan fingerprint density at radius 3 is 2.08 bits per heavy atom. The molecule has 1 aliphatic heterocycles. The molecule has 3 aromatic carbocycles. The summed E-state index contributed by atoms with van der Waals surface area (Å²) in [6.45, 7) is 1.60. The number of hydrogen-bond acceptors (Lipinski definition) is 5. The maximum absolute atomic E-state index is 14.7. The number of amides is 2. The molecule has 0 bridgehead atoms. The lowest BCUT2D eigenvalue weighted by Crippen LogP contribution is -2.35. The van der Waals surface area contributed by atoms with E-state index < -0.39 is 5.82 Å². The minimum Gasteiger partial charge on any atom is -0.393 e. The standard InChI is InChI=1S/C30H30FN5O3/c1-35-15-12-21(19-35)30(39)34-24-8-11-28(27(31)18-24)32-22-4-6-23(7-5-22)33-29(38)20-2-9-25(10-3-20)36-16-13-26(37)14-17-36/h2-12,15,18-19,26,32,37H,13-14,16-17H2,1H3,(H,33,38)(H,34,39). The number of halogens is 1. The van der Waals surface area contributed by atoms with Gasteiger partial charge in [0.2, 0.25) is 0 Å². The third-order valence-corrected chi connectivity index (χ3v) is 6.70. The molecule has 5 rings (SSSR count). The highest BCUT2D eigenvalue weighted by Gasteiger charge is 2.17. The molecular weight excluding hydrogens is 497 g/mol. The highest BCUT2D eigenvalue weighted by atomic mass is 19.1. The molecule has 39 heavy (non-hydrogen) atoms. The molecule has 1 aliphatic rings. The Hall–Kier alpha value is -4.63. The van der Waals surface area contributed by atoms with Gasteiger partial charge in [0.05, 0.1) is 17.4 Å². The summed E-state index contributed by atoms with van der Waals surface area (Å²) in [4.78, 5) is 27.2. The molecule has 4 aromatic rings. The predicted molar refractivity (Wildman–Crippen MR) is 151 cm³/mol. The number of aryl methyl sites for hydroxylation is 1. The van der Waals surface area contributed by atoms with Crippen LogP contribution in [-0.4, -0.2) is 40.7 Å². The van der Waals surface area contributed by atoms with Crippen LogP contribution >= 0.6 is 0 Å². The first kappa shape index (κ1) is 26.0. The second kappa shape index (κ2) is 11.4. The number of nitrogens with zero attached hydrogens (tertiary/aromatic N) is 2. The number of rotatable bonds is 7. The molecule has 0 spiro atoms. The van der Waals surface area contributed by atoms with E-state index in [0.717, 1.165) is 31.6 Å². The molecule has 1 fully saturated rings. The van der Waals surface area contributed by atoms with Crippen molar-refractivity contribution < 1.29 is 19.1 Å². The van der Waals surface area contributed by atoms with E-state index in [1.807, 2.05) is 19.2 Å². The lowest BCUT2D eigenvalue weighted by atomic mass is 10.1. The van der Waals surface area contributed by atoms with Gasteiger partial charge >= 0.3 is 0 Å². The second-order valence-electron chi connectivity index (χ2n) is 9.64. The van der Waals surface area contributed by atoms with Crippen LogP contribution in [0.15, 0.2) is 85.2 Å². The van der Waals surface area contributed by atoms with Gasteiger partial charge in [0, 0.05) is 60.8 Å². The fourth-order valence-corrected chi connectivity index (χ4v) is 4.48. The van der Waals surface area contributed by atoms with Crippen molar-refractivity contribution in [2.45, 2.75) is 18.9 Å². The van der Waals surface area contributed by atoms with Crippen LogP contribution in [0, 0.1) is 5.82 Å². The SMILES string of the molecule is Cn1ccc(C(=O)Nc2ccc(Nc3ccc(NC(=O)c4ccc(N5CCC(O)CC5)cc4)cc3)c(F)c2)c1. The fraction of sp³-hybridized carbons (Fsp3) is 0.200. The number of anilines is 5. The molecular formula is C30H30FN5O3. The number of carbonyl (C=O) groups is 2. The van der Waals surface area contributed by atoms with Gasteiger partial charge in [0.1, 0.15) is 5.82 Å². The van der Waals surface area contributed by atoms with E-state index in [1.54, 1.807) is 71.6 Å². The van der Waals surface area contributed by atoms with Crippen molar-refractivity contribution in [3.63, 3.8) is 0 Å². The largest absolute Gasteiger partial charge is 0.393 e. The number of aromatic nitrogens is 1. The van der Waals surface area contributed by atoms with Gasteiger partial charge in [0.25, 0.3) is 11.8 Å². The van der Waals surface area contributed by atoms with Gasteiger partial charge in [-0.15, -0.1) is 0 Å². The van der Waals surface area contributed by atoms with Crippen molar-refractivity contribution in [1.29, 1.82) is 0 Å². The molecule has 0 saturated carbocycles. The van der Waals surface area contributed by atoms with Crippen LogP contribution < -0.4 is 20.9 Å². The van der Waals surface area contributed by atoms with E-state index in [4.69, 9.17) is 0 Å². The van der Waals surface area contributed by atoms with Gasteiger partial charge in [-0.1, -0.05) is 0 Å². The summed E-state index contributed by atoms with van der Waals surface area (Å²) in [7, 11) is 1.82.